The van der Waals surface area contributed by atoms with Crippen LogP contribution in [0.2, 0.25) is 0 Å². The Hall–Kier alpha value is -3.39. The first-order valence-corrected chi connectivity index (χ1v) is 11.4. The molecule has 8 heteroatoms. The van der Waals surface area contributed by atoms with Crippen LogP contribution in [0.4, 0.5) is 10.5 Å². The molecule has 3 amide bonds. The van der Waals surface area contributed by atoms with Crippen molar-refractivity contribution < 1.29 is 19.1 Å². The highest BCUT2D eigenvalue weighted by Gasteiger charge is 2.30. The molecule has 3 aromatic rings. The van der Waals surface area contributed by atoms with E-state index in [1.54, 1.807) is 16.8 Å². The van der Waals surface area contributed by atoms with Crippen molar-refractivity contribution in [1.29, 1.82) is 0 Å². The number of alkyl carbamates (subject to hydrolysis) is 1. The van der Waals surface area contributed by atoms with Gasteiger partial charge in [0.25, 0.3) is 5.91 Å². The van der Waals surface area contributed by atoms with Crippen molar-refractivity contribution in [2.45, 2.75) is 19.4 Å². The third-order valence-corrected chi connectivity index (χ3v) is 6.60. The maximum atomic E-state index is 13.5. The third-order valence-electron chi connectivity index (χ3n) is 5.49. The van der Waals surface area contributed by atoms with Crippen molar-refractivity contribution in [2.24, 2.45) is 0 Å². The number of carbonyl (C=O) groups is 3. The number of fused-ring (bicyclic) bond motifs is 2. The molecule has 7 nitrogen and oxygen atoms in total. The number of para-hydroxylation sites is 1. The Morgan fingerprint density at radius 2 is 1.91 bits per heavy atom. The summed E-state index contributed by atoms with van der Waals surface area (Å²) in [4.78, 5) is 42.4. The first kappa shape index (κ1) is 21.8. The topological polar surface area (TPSA) is 79.0 Å². The number of anilines is 1. The van der Waals surface area contributed by atoms with Gasteiger partial charge in [-0.1, -0.05) is 36.4 Å². The molecule has 4 rings (SSSR count). The summed E-state index contributed by atoms with van der Waals surface area (Å²) in [7, 11) is 1.70. The van der Waals surface area contributed by atoms with Gasteiger partial charge in [0.1, 0.15) is 6.10 Å². The van der Waals surface area contributed by atoms with Gasteiger partial charge in [-0.15, -0.1) is 11.3 Å². The van der Waals surface area contributed by atoms with Crippen LogP contribution >= 0.6 is 11.3 Å². The fraction of sp³-hybridized carbons (Fsp3) is 0.292. The lowest BCUT2D eigenvalue weighted by atomic mass is 10.1. The quantitative estimate of drug-likeness (QED) is 0.647. The van der Waals surface area contributed by atoms with Gasteiger partial charge in [-0.2, -0.15) is 0 Å². The molecule has 1 aromatic heterocycles. The molecule has 0 saturated heterocycles. The number of rotatable bonds is 3. The van der Waals surface area contributed by atoms with Crippen LogP contribution in [0.5, 0.6) is 0 Å². The molecule has 0 fully saturated rings. The Labute approximate surface area is 190 Å². The van der Waals surface area contributed by atoms with Crippen molar-refractivity contribution >= 4 is 45.0 Å². The van der Waals surface area contributed by atoms with Gasteiger partial charge >= 0.3 is 6.09 Å². The molecule has 2 heterocycles. The Bertz CT molecular complexity index is 1130. The smallest absolute Gasteiger partial charge is 0.407 e. The second kappa shape index (κ2) is 9.40. The number of nitrogens with zero attached hydrogens (tertiary/aromatic N) is 2. The van der Waals surface area contributed by atoms with Crippen molar-refractivity contribution in [3.8, 4) is 0 Å². The van der Waals surface area contributed by atoms with Crippen LogP contribution in [-0.4, -0.2) is 49.5 Å². The fourth-order valence-electron chi connectivity index (χ4n) is 3.83. The number of carbonyl (C=O) groups excluding carboxylic acids is 3. The summed E-state index contributed by atoms with van der Waals surface area (Å²) in [5, 5.41) is 3.65. The monoisotopic (exact) mass is 451 g/mol. The van der Waals surface area contributed by atoms with Crippen LogP contribution in [0.3, 0.4) is 0 Å². The van der Waals surface area contributed by atoms with E-state index in [2.05, 4.69) is 5.32 Å². The lowest BCUT2D eigenvalue weighted by Gasteiger charge is -2.27. The summed E-state index contributed by atoms with van der Waals surface area (Å²) in [6.45, 7) is 2.62. The number of ether oxygens (including phenoxy) is 1. The zero-order chi connectivity index (χ0) is 22.7. The molecule has 32 heavy (non-hydrogen) atoms. The van der Waals surface area contributed by atoms with E-state index in [4.69, 9.17) is 4.74 Å². The summed E-state index contributed by atoms with van der Waals surface area (Å²) in [6.07, 6.45) is -1.10. The number of benzene rings is 2. The van der Waals surface area contributed by atoms with E-state index in [1.807, 2.05) is 61.5 Å². The lowest BCUT2D eigenvalue weighted by molar-refractivity contribution is -0.118. The van der Waals surface area contributed by atoms with E-state index in [9.17, 15) is 14.4 Å². The molecular weight excluding hydrogens is 426 g/mol. The summed E-state index contributed by atoms with van der Waals surface area (Å²) >= 11 is 1.42. The van der Waals surface area contributed by atoms with Gasteiger partial charge < -0.3 is 19.9 Å². The summed E-state index contributed by atoms with van der Waals surface area (Å²) in [6, 6.07) is 17.0. The average molecular weight is 452 g/mol. The van der Waals surface area contributed by atoms with Crippen LogP contribution in [-0.2, 0) is 9.53 Å². The predicted molar refractivity (Wildman–Crippen MR) is 125 cm³/mol. The minimum Gasteiger partial charge on any atom is -0.439 e. The molecule has 1 atom stereocenters. The Morgan fingerprint density at radius 3 is 2.69 bits per heavy atom. The second-order valence-electron chi connectivity index (χ2n) is 7.59. The molecule has 2 aromatic carbocycles. The van der Waals surface area contributed by atoms with Crippen molar-refractivity contribution in [1.82, 2.24) is 10.2 Å². The van der Waals surface area contributed by atoms with Crippen LogP contribution in [0.15, 0.2) is 54.6 Å². The van der Waals surface area contributed by atoms with E-state index in [0.717, 1.165) is 10.1 Å². The third kappa shape index (κ3) is 4.45. The number of amides is 3. The standard InChI is InChI=1S/C24H25N3O4S/c1-3-25-24(30)31-19-15-27(23(29)21-14-16-8-4-7-11-20(16)32-21)13-12-22(28)26(2)18-10-6-5-9-17(18)19/h4-11,14,19H,3,12-13,15H2,1-2H3,(H,25,30). The molecule has 0 radical (unpaired) electrons. The fourth-order valence-corrected chi connectivity index (χ4v) is 4.86. The number of thiophene rings is 1. The van der Waals surface area contributed by atoms with E-state index in [1.165, 1.54) is 11.3 Å². The first-order valence-electron chi connectivity index (χ1n) is 10.6. The summed E-state index contributed by atoms with van der Waals surface area (Å²) < 4.78 is 6.75. The molecular formula is C24H25N3O4S. The highest BCUT2D eigenvalue weighted by molar-refractivity contribution is 7.20. The first-order chi connectivity index (χ1) is 15.5. The number of hydrogen-bond acceptors (Lipinski definition) is 5. The van der Waals surface area contributed by atoms with Crippen molar-refractivity contribution in [2.75, 3.05) is 31.6 Å². The maximum absolute atomic E-state index is 13.5. The van der Waals surface area contributed by atoms with Gasteiger partial charge in [0, 0.05) is 36.8 Å². The van der Waals surface area contributed by atoms with Gasteiger partial charge in [0.2, 0.25) is 5.91 Å². The van der Waals surface area contributed by atoms with Crippen molar-refractivity contribution in [3.63, 3.8) is 0 Å². The van der Waals surface area contributed by atoms with Crippen molar-refractivity contribution in [3.05, 3.63) is 65.0 Å². The minimum absolute atomic E-state index is 0.106. The molecule has 0 spiro atoms. The SMILES string of the molecule is CCNC(=O)OC1CN(C(=O)c2cc3ccccc3s2)CCC(=O)N(C)c2ccccc21. The highest BCUT2D eigenvalue weighted by Crippen LogP contribution is 2.32. The van der Waals surface area contributed by atoms with Crippen LogP contribution in [0.1, 0.15) is 34.7 Å². The zero-order valence-corrected chi connectivity index (χ0v) is 18.9. The minimum atomic E-state index is -0.718. The van der Waals surface area contributed by atoms with Gasteiger partial charge in [-0.25, -0.2) is 4.79 Å². The van der Waals surface area contributed by atoms with E-state index in [-0.39, 0.29) is 31.3 Å². The zero-order valence-electron chi connectivity index (χ0n) is 18.0. The lowest BCUT2D eigenvalue weighted by Crippen LogP contribution is -2.38. The Kier molecular flexibility index (Phi) is 6.41. The molecule has 1 unspecified atom stereocenters. The molecule has 0 bridgehead atoms. The van der Waals surface area contributed by atoms with E-state index >= 15 is 0 Å². The highest BCUT2D eigenvalue weighted by atomic mass is 32.1. The Morgan fingerprint density at radius 1 is 1.16 bits per heavy atom. The summed E-state index contributed by atoms with van der Waals surface area (Å²) in [5.41, 5.74) is 1.36. The average Bonchev–Trinajstić information content (AvgIpc) is 3.25. The molecule has 0 saturated carbocycles. The number of nitrogens with one attached hydrogen (secondary N) is 1. The number of hydrogen-bond donors (Lipinski definition) is 1. The van der Waals surface area contributed by atoms with Gasteiger partial charge in [-0.05, 0) is 30.5 Å². The molecule has 1 aliphatic heterocycles. The van der Waals surface area contributed by atoms with Crippen LogP contribution in [0, 0.1) is 0 Å². The van der Waals surface area contributed by atoms with E-state index < -0.39 is 12.2 Å². The molecule has 1 N–H and O–H groups in total. The molecule has 166 valence electrons. The molecule has 1 aliphatic rings. The predicted octanol–water partition coefficient (Wildman–Crippen LogP) is 4.20. The maximum Gasteiger partial charge on any atom is 0.407 e. The normalized spacial score (nSPS) is 16.7. The largest absolute Gasteiger partial charge is 0.439 e. The van der Waals surface area contributed by atoms with Gasteiger partial charge in [-0.3, -0.25) is 9.59 Å². The summed E-state index contributed by atoms with van der Waals surface area (Å²) in [5.74, 6) is -0.282. The molecule has 0 aliphatic carbocycles. The second-order valence-corrected chi connectivity index (χ2v) is 8.67. The van der Waals surface area contributed by atoms with E-state index in [0.29, 0.717) is 22.7 Å². The van der Waals surface area contributed by atoms with Crippen LogP contribution < -0.4 is 10.2 Å². The Balaban J connectivity index is 1.71. The van der Waals surface area contributed by atoms with Gasteiger partial charge in [0.05, 0.1) is 17.1 Å². The van der Waals surface area contributed by atoms with Gasteiger partial charge in [0.15, 0.2) is 0 Å². The van der Waals surface area contributed by atoms with Crippen LogP contribution in [0.25, 0.3) is 10.1 Å².